The Kier molecular flexibility index (Phi) is 9.94. The number of carbonyl (C=O) groups excluding carboxylic acids is 2. The lowest BCUT2D eigenvalue weighted by atomic mass is 10.1. The van der Waals surface area contributed by atoms with Gasteiger partial charge < -0.3 is 5.32 Å². The van der Waals surface area contributed by atoms with Gasteiger partial charge in [-0.05, 0) is 60.9 Å². The summed E-state index contributed by atoms with van der Waals surface area (Å²) < 4.78 is 141. The van der Waals surface area contributed by atoms with E-state index in [0.717, 1.165) is 12.1 Å². The Morgan fingerprint density at radius 2 is 1.31 bits per heavy atom. The smallest absolute Gasteiger partial charge is 0.340 e. The van der Waals surface area contributed by atoms with E-state index in [2.05, 4.69) is 5.32 Å². The van der Waals surface area contributed by atoms with Crippen molar-refractivity contribution in [3.05, 3.63) is 64.7 Å². The normalized spacial score (nSPS) is 13.6. The summed E-state index contributed by atoms with van der Waals surface area (Å²) >= 11 is 1.20. The molecule has 0 unspecified atom stereocenters. The quantitative estimate of drug-likeness (QED) is 0.284. The number of thioether (sulfide) groups is 1. The molecule has 0 bridgehead atoms. The number of rotatable bonds is 9. The average molecular weight is 612 g/mol. The van der Waals surface area contributed by atoms with Crippen molar-refractivity contribution in [3.63, 3.8) is 0 Å². The van der Waals surface area contributed by atoms with Gasteiger partial charge in [0.05, 0.1) is 21.6 Å². The molecule has 0 aliphatic heterocycles. The number of halogens is 9. The highest BCUT2D eigenvalue weighted by molar-refractivity contribution is 7.98. The van der Waals surface area contributed by atoms with Gasteiger partial charge in [-0.15, -0.1) is 4.83 Å². The lowest BCUT2D eigenvalue weighted by Crippen LogP contribution is -2.52. The fourth-order valence-corrected chi connectivity index (χ4v) is 4.29. The highest BCUT2D eigenvalue weighted by Crippen LogP contribution is 2.37. The highest BCUT2D eigenvalue weighted by atomic mass is 32.2. The number of nitrogens with one attached hydrogen (secondary N) is 3. The van der Waals surface area contributed by atoms with Crippen LogP contribution in [0.5, 0.6) is 0 Å². The second kappa shape index (κ2) is 12.0. The zero-order valence-corrected chi connectivity index (χ0v) is 21.0. The van der Waals surface area contributed by atoms with Gasteiger partial charge in [-0.1, -0.05) is 0 Å². The van der Waals surface area contributed by atoms with E-state index in [1.54, 1.807) is 11.7 Å². The molecule has 39 heavy (non-hydrogen) atoms. The molecule has 0 heterocycles. The molecule has 0 saturated carbocycles. The zero-order valence-electron chi connectivity index (χ0n) is 19.4. The van der Waals surface area contributed by atoms with Crippen LogP contribution in [0, 0.1) is 0 Å². The summed E-state index contributed by atoms with van der Waals surface area (Å²) in [4.78, 5) is 24.9. The van der Waals surface area contributed by atoms with Gasteiger partial charge in [0, 0.05) is 5.56 Å². The molecule has 2 aromatic rings. The van der Waals surface area contributed by atoms with Crippen LogP contribution in [0.15, 0.2) is 47.4 Å². The van der Waals surface area contributed by atoms with E-state index in [1.807, 2.05) is 0 Å². The van der Waals surface area contributed by atoms with E-state index >= 15 is 0 Å². The van der Waals surface area contributed by atoms with Crippen molar-refractivity contribution in [1.82, 2.24) is 15.6 Å². The third-order valence-corrected chi connectivity index (χ3v) is 6.76. The van der Waals surface area contributed by atoms with Crippen LogP contribution >= 0.6 is 11.8 Å². The largest absolute Gasteiger partial charge is 0.416 e. The minimum atomic E-state index is -5.33. The maximum absolute atomic E-state index is 13.1. The van der Waals surface area contributed by atoms with Crippen molar-refractivity contribution in [2.45, 2.75) is 35.9 Å². The molecule has 0 spiro atoms. The van der Waals surface area contributed by atoms with E-state index in [-0.39, 0.29) is 35.9 Å². The molecule has 18 heteroatoms. The SMILES string of the molecule is CSCC[C@@H](NC(=O)c1ccc(C(F)(F)F)cc1)C(=O)NNS(=O)(=O)c1cc(C(F)(F)F)cc(C(F)(F)F)c1. The van der Waals surface area contributed by atoms with Crippen LogP contribution in [0.25, 0.3) is 0 Å². The molecule has 2 aromatic carbocycles. The van der Waals surface area contributed by atoms with Crippen molar-refractivity contribution < 1.29 is 57.5 Å². The van der Waals surface area contributed by atoms with Gasteiger partial charge in [0.1, 0.15) is 6.04 Å². The molecule has 2 amide bonds. The van der Waals surface area contributed by atoms with E-state index in [0.29, 0.717) is 12.1 Å². The highest BCUT2D eigenvalue weighted by Gasteiger charge is 2.38. The minimum absolute atomic E-state index is 0.0681. The monoisotopic (exact) mass is 611 g/mol. The van der Waals surface area contributed by atoms with E-state index in [4.69, 9.17) is 0 Å². The van der Waals surface area contributed by atoms with E-state index in [1.165, 1.54) is 16.6 Å². The van der Waals surface area contributed by atoms with E-state index in [9.17, 15) is 57.5 Å². The average Bonchev–Trinajstić information content (AvgIpc) is 2.83. The molecular formula is C21H18F9N3O4S2. The molecule has 0 fully saturated rings. The van der Waals surface area contributed by atoms with Crippen molar-refractivity contribution in [1.29, 1.82) is 0 Å². The second-order valence-corrected chi connectivity index (χ2v) is 10.4. The molecule has 0 saturated heterocycles. The molecule has 0 aliphatic rings. The Labute approximate surface area is 219 Å². The molecule has 216 valence electrons. The number of carbonyl (C=O) groups is 2. The number of sulfonamides is 1. The molecule has 0 radical (unpaired) electrons. The summed E-state index contributed by atoms with van der Waals surface area (Å²) in [6.07, 6.45) is -13.9. The maximum Gasteiger partial charge on any atom is 0.416 e. The van der Waals surface area contributed by atoms with Gasteiger partial charge >= 0.3 is 18.5 Å². The van der Waals surface area contributed by atoms with Crippen LogP contribution < -0.4 is 15.6 Å². The van der Waals surface area contributed by atoms with Crippen molar-refractivity contribution >= 4 is 33.6 Å². The number of amides is 2. The van der Waals surface area contributed by atoms with Crippen LogP contribution in [0.2, 0.25) is 0 Å². The number of hydrogen-bond acceptors (Lipinski definition) is 5. The number of hydrogen-bond donors (Lipinski definition) is 3. The Hall–Kier alpha value is -2.99. The van der Waals surface area contributed by atoms with Gasteiger partial charge in [0.2, 0.25) is 0 Å². The standard InChI is InChI=1S/C21H18F9N3O4S2/c1-38-7-6-16(31-17(34)11-2-4-12(5-3-11)19(22,23)24)18(35)32-33-39(36,37)15-9-13(20(25,26)27)8-14(10-15)21(28,29)30/h2-5,8-10,16,33H,6-7H2,1H3,(H,31,34)(H,32,35)/t16-/m1/s1. The Morgan fingerprint density at radius 3 is 1.74 bits per heavy atom. The van der Waals surface area contributed by atoms with Gasteiger partial charge in [-0.3, -0.25) is 15.0 Å². The molecule has 0 aliphatic carbocycles. The second-order valence-electron chi connectivity index (χ2n) is 7.72. The van der Waals surface area contributed by atoms with Crippen LogP contribution in [-0.2, 0) is 33.3 Å². The molecular weight excluding hydrogens is 593 g/mol. The fraction of sp³-hybridized carbons (Fsp3) is 0.333. The predicted octanol–water partition coefficient (Wildman–Crippen LogP) is 4.60. The van der Waals surface area contributed by atoms with Crippen LogP contribution in [0.3, 0.4) is 0 Å². The van der Waals surface area contributed by atoms with Gasteiger partial charge in [-0.25, -0.2) is 8.42 Å². The van der Waals surface area contributed by atoms with Crippen molar-refractivity contribution in [2.75, 3.05) is 12.0 Å². The van der Waals surface area contributed by atoms with Gasteiger partial charge in [-0.2, -0.15) is 51.3 Å². The first-order valence-corrected chi connectivity index (χ1v) is 13.2. The number of hydrazine groups is 1. The summed E-state index contributed by atoms with van der Waals surface area (Å²) in [6, 6.07) is 0.971. The molecule has 3 N–H and O–H groups in total. The first-order valence-electron chi connectivity index (χ1n) is 10.3. The third kappa shape index (κ3) is 9.03. The molecule has 1 atom stereocenters. The molecule has 2 rings (SSSR count). The Balaban J connectivity index is 2.24. The summed E-state index contributed by atoms with van der Waals surface area (Å²) in [7, 11) is -5.18. The van der Waals surface area contributed by atoms with Crippen molar-refractivity contribution in [2.24, 2.45) is 0 Å². The first kappa shape index (κ1) is 32.2. The van der Waals surface area contributed by atoms with Gasteiger partial charge in [0.15, 0.2) is 0 Å². The molecule has 0 aromatic heterocycles. The Morgan fingerprint density at radius 1 is 0.821 bits per heavy atom. The summed E-state index contributed by atoms with van der Waals surface area (Å²) in [6.45, 7) is 0. The van der Waals surface area contributed by atoms with Crippen LogP contribution in [0.1, 0.15) is 33.5 Å². The van der Waals surface area contributed by atoms with E-state index < -0.39 is 68.0 Å². The summed E-state index contributed by atoms with van der Waals surface area (Å²) in [5.74, 6) is -2.06. The summed E-state index contributed by atoms with van der Waals surface area (Å²) in [5, 5.41) is 2.18. The lowest BCUT2D eigenvalue weighted by molar-refractivity contribution is -0.143. The minimum Gasteiger partial charge on any atom is -0.340 e. The lowest BCUT2D eigenvalue weighted by Gasteiger charge is -2.19. The van der Waals surface area contributed by atoms with Crippen LogP contribution in [-0.4, -0.2) is 38.3 Å². The number of alkyl halides is 9. The fourth-order valence-electron chi connectivity index (χ4n) is 2.90. The zero-order chi connectivity index (χ0) is 29.8. The topological polar surface area (TPSA) is 104 Å². The van der Waals surface area contributed by atoms with Gasteiger partial charge in [0.25, 0.3) is 21.8 Å². The number of benzene rings is 2. The van der Waals surface area contributed by atoms with Crippen LogP contribution in [0.4, 0.5) is 39.5 Å². The third-order valence-electron chi connectivity index (χ3n) is 4.89. The van der Waals surface area contributed by atoms with Crippen molar-refractivity contribution in [3.8, 4) is 0 Å². The predicted molar refractivity (Wildman–Crippen MR) is 121 cm³/mol. The Bertz CT molecular complexity index is 1260. The maximum atomic E-state index is 13.1. The first-order chi connectivity index (χ1) is 17.8. The molecule has 7 nitrogen and oxygen atoms in total. The summed E-state index contributed by atoms with van der Waals surface area (Å²) in [5.41, 5.74) is -3.53.